The van der Waals surface area contributed by atoms with Gasteiger partial charge in [-0.2, -0.15) is 4.31 Å². The van der Waals surface area contributed by atoms with Gasteiger partial charge in [-0.3, -0.25) is 21.0 Å². The third-order valence-electron chi connectivity index (χ3n) is 5.18. The predicted octanol–water partition coefficient (Wildman–Crippen LogP) is 3.72. The lowest BCUT2D eigenvalue weighted by Gasteiger charge is -2.26. The number of nitro groups is 1. The second-order valence-electron chi connectivity index (χ2n) is 7.60. The van der Waals surface area contributed by atoms with E-state index < -0.39 is 20.6 Å². The average Bonchev–Trinajstić information content (AvgIpc) is 2.89. The molecular weight excluding hydrogens is 506 g/mol. The number of hydrogen-bond donors (Lipinski definition) is 3. The molecule has 0 aromatic heterocycles. The summed E-state index contributed by atoms with van der Waals surface area (Å²) in [7, 11) is -3.88. The Balaban J connectivity index is 1.38. The first-order chi connectivity index (χ1) is 17.3. The predicted molar refractivity (Wildman–Crippen MR) is 139 cm³/mol. The Kier molecular flexibility index (Phi) is 7.95. The maximum atomic E-state index is 12.8. The largest absolute Gasteiger partial charge is 0.457 e. The fourth-order valence-corrected chi connectivity index (χ4v) is 4.98. The second kappa shape index (κ2) is 11.3. The van der Waals surface area contributed by atoms with E-state index >= 15 is 0 Å². The van der Waals surface area contributed by atoms with Crippen molar-refractivity contribution in [2.45, 2.75) is 4.90 Å². The van der Waals surface area contributed by atoms with Gasteiger partial charge in [-0.05, 0) is 60.7 Å². The van der Waals surface area contributed by atoms with Gasteiger partial charge in [0.05, 0.1) is 23.0 Å². The van der Waals surface area contributed by atoms with Gasteiger partial charge in [0, 0.05) is 24.8 Å². The molecule has 1 saturated heterocycles. The van der Waals surface area contributed by atoms with Gasteiger partial charge in [0.2, 0.25) is 10.0 Å². The van der Waals surface area contributed by atoms with Crippen molar-refractivity contribution in [3.63, 3.8) is 0 Å². The Labute approximate surface area is 213 Å². The Hall–Kier alpha value is -3.78. The van der Waals surface area contributed by atoms with Crippen molar-refractivity contribution in [2.75, 3.05) is 37.0 Å². The molecule has 1 aliphatic rings. The van der Waals surface area contributed by atoms with E-state index in [0.29, 0.717) is 17.2 Å². The number of nitrogens with one attached hydrogen (secondary N) is 3. The highest BCUT2D eigenvalue weighted by molar-refractivity contribution is 7.89. The van der Waals surface area contributed by atoms with Crippen molar-refractivity contribution in [1.29, 1.82) is 0 Å². The summed E-state index contributed by atoms with van der Waals surface area (Å²) in [5, 5.41) is 14.7. The van der Waals surface area contributed by atoms with Gasteiger partial charge in [0.15, 0.2) is 5.11 Å². The number of nitro benzene ring substituents is 1. The van der Waals surface area contributed by atoms with Crippen LogP contribution in [0.5, 0.6) is 11.5 Å². The van der Waals surface area contributed by atoms with Crippen LogP contribution in [0, 0.1) is 10.1 Å². The highest BCUT2D eigenvalue weighted by atomic mass is 32.2. The van der Waals surface area contributed by atoms with E-state index in [9.17, 15) is 18.5 Å². The first-order valence-corrected chi connectivity index (χ1v) is 12.7. The zero-order chi connectivity index (χ0) is 25.5. The van der Waals surface area contributed by atoms with Crippen molar-refractivity contribution in [1.82, 2.24) is 9.73 Å². The van der Waals surface area contributed by atoms with Crippen LogP contribution in [0.2, 0.25) is 0 Å². The summed E-state index contributed by atoms with van der Waals surface area (Å²) in [5.74, 6) is 1.36. The number of sulfonamides is 1. The van der Waals surface area contributed by atoms with E-state index in [1.807, 2.05) is 30.3 Å². The summed E-state index contributed by atoms with van der Waals surface area (Å²) in [4.78, 5) is 10.8. The van der Waals surface area contributed by atoms with Gasteiger partial charge in [0.1, 0.15) is 17.2 Å². The zero-order valence-electron chi connectivity index (χ0n) is 18.9. The van der Waals surface area contributed by atoms with E-state index in [0.717, 1.165) is 6.07 Å². The molecule has 4 rings (SSSR count). The number of morpholine rings is 1. The summed E-state index contributed by atoms with van der Waals surface area (Å²) in [6.07, 6.45) is 0. The van der Waals surface area contributed by atoms with Crippen molar-refractivity contribution < 1.29 is 22.8 Å². The summed E-state index contributed by atoms with van der Waals surface area (Å²) >= 11 is 5.25. The molecule has 188 valence electrons. The molecule has 36 heavy (non-hydrogen) atoms. The van der Waals surface area contributed by atoms with Crippen molar-refractivity contribution in [3.05, 3.63) is 82.9 Å². The highest BCUT2D eigenvalue weighted by Gasteiger charge is 2.29. The first-order valence-electron chi connectivity index (χ1n) is 10.9. The van der Waals surface area contributed by atoms with E-state index in [2.05, 4.69) is 16.2 Å². The molecule has 3 aromatic carbocycles. The van der Waals surface area contributed by atoms with Crippen LogP contribution in [0.3, 0.4) is 0 Å². The van der Waals surface area contributed by atoms with Crippen LogP contribution in [-0.4, -0.2) is 49.1 Å². The standard InChI is InChI=1S/C23H23N5O6S2/c29-28(30)22-16-20(36(31,32)27-12-14-33-15-13-27)10-11-21(22)25-26-23(35)24-17-6-8-19(9-7-17)34-18-4-2-1-3-5-18/h1-11,16,25H,12-15H2,(H2,24,26,35). The van der Waals surface area contributed by atoms with Crippen molar-refractivity contribution in [3.8, 4) is 11.5 Å². The third kappa shape index (κ3) is 6.26. The maximum Gasteiger partial charge on any atom is 0.295 e. The number of anilines is 2. The van der Waals surface area contributed by atoms with E-state index in [1.165, 1.54) is 16.4 Å². The molecule has 13 heteroatoms. The van der Waals surface area contributed by atoms with E-state index in [4.69, 9.17) is 21.7 Å². The van der Waals surface area contributed by atoms with Crippen LogP contribution in [-0.2, 0) is 14.8 Å². The second-order valence-corrected chi connectivity index (χ2v) is 9.94. The monoisotopic (exact) mass is 529 g/mol. The molecule has 1 fully saturated rings. The minimum atomic E-state index is -3.88. The van der Waals surface area contributed by atoms with Crippen LogP contribution in [0.4, 0.5) is 17.1 Å². The fourth-order valence-electron chi connectivity index (χ4n) is 3.38. The number of nitrogens with zero attached hydrogens (tertiary/aromatic N) is 2. The van der Waals surface area contributed by atoms with Crippen LogP contribution in [0.25, 0.3) is 0 Å². The van der Waals surface area contributed by atoms with Gasteiger partial charge >= 0.3 is 0 Å². The molecule has 0 amide bonds. The Morgan fingerprint density at radius 1 is 1.00 bits per heavy atom. The summed E-state index contributed by atoms with van der Waals surface area (Å²) in [5.41, 5.74) is 5.65. The first kappa shape index (κ1) is 25.3. The van der Waals surface area contributed by atoms with Crippen LogP contribution >= 0.6 is 12.2 Å². The molecule has 0 spiro atoms. The zero-order valence-corrected chi connectivity index (χ0v) is 20.6. The Morgan fingerprint density at radius 3 is 2.33 bits per heavy atom. The topological polar surface area (TPSA) is 135 Å². The maximum absolute atomic E-state index is 12.8. The van der Waals surface area contributed by atoms with Gasteiger partial charge in [0.25, 0.3) is 5.69 Å². The number of thiocarbonyl (C=S) groups is 1. The Morgan fingerprint density at radius 2 is 1.67 bits per heavy atom. The average molecular weight is 530 g/mol. The van der Waals surface area contributed by atoms with Crippen LogP contribution < -0.4 is 20.9 Å². The molecule has 11 nitrogen and oxygen atoms in total. The molecule has 3 aromatic rings. The fraction of sp³-hybridized carbons (Fsp3) is 0.174. The minimum absolute atomic E-state index is 0.0525. The highest BCUT2D eigenvalue weighted by Crippen LogP contribution is 2.29. The SMILES string of the molecule is O=[N+]([O-])c1cc(S(=O)(=O)N2CCOCC2)ccc1NNC(=S)Nc1ccc(Oc2ccccc2)cc1. The molecule has 0 saturated carbocycles. The van der Waals surface area contributed by atoms with E-state index in [1.54, 1.807) is 24.3 Å². The molecule has 1 heterocycles. The van der Waals surface area contributed by atoms with Gasteiger partial charge in [-0.25, -0.2) is 8.42 Å². The quantitative estimate of drug-likeness (QED) is 0.225. The van der Waals surface area contributed by atoms with E-state index in [-0.39, 0.29) is 42.0 Å². The molecule has 1 aliphatic heterocycles. The molecule has 0 bridgehead atoms. The molecule has 0 aliphatic carbocycles. The number of ether oxygens (including phenoxy) is 2. The Bertz CT molecular complexity index is 1330. The number of benzene rings is 3. The lowest BCUT2D eigenvalue weighted by Crippen LogP contribution is -2.40. The summed E-state index contributed by atoms with van der Waals surface area (Å²) in [6, 6.07) is 20.1. The molecule has 0 atom stereocenters. The number of para-hydroxylation sites is 1. The number of rotatable bonds is 8. The molecule has 3 N–H and O–H groups in total. The lowest BCUT2D eigenvalue weighted by molar-refractivity contribution is -0.384. The smallest absolute Gasteiger partial charge is 0.295 e. The van der Waals surface area contributed by atoms with Crippen molar-refractivity contribution in [2.24, 2.45) is 0 Å². The number of hydrogen-bond acceptors (Lipinski definition) is 8. The van der Waals surface area contributed by atoms with Gasteiger partial charge < -0.3 is 14.8 Å². The van der Waals surface area contributed by atoms with Gasteiger partial charge in [-0.15, -0.1) is 0 Å². The summed E-state index contributed by atoms with van der Waals surface area (Å²) < 4.78 is 37.9. The third-order valence-corrected chi connectivity index (χ3v) is 7.27. The van der Waals surface area contributed by atoms with Crippen LogP contribution in [0.1, 0.15) is 0 Å². The number of hydrazine groups is 1. The normalized spacial score (nSPS) is 14.0. The molecule has 0 radical (unpaired) electrons. The minimum Gasteiger partial charge on any atom is -0.457 e. The molecular formula is C23H23N5O6S2. The molecule has 0 unspecified atom stereocenters. The van der Waals surface area contributed by atoms with Crippen LogP contribution in [0.15, 0.2) is 77.7 Å². The summed E-state index contributed by atoms with van der Waals surface area (Å²) in [6.45, 7) is 0.935. The van der Waals surface area contributed by atoms with Gasteiger partial charge in [-0.1, -0.05) is 18.2 Å². The lowest BCUT2D eigenvalue weighted by atomic mass is 10.3. The van der Waals surface area contributed by atoms with Crippen molar-refractivity contribution >= 4 is 44.4 Å².